The van der Waals surface area contributed by atoms with E-state index in [1.165, 1.54) is 70.6 Å². The van der Waals surface area contributed by atoms with Gasteiger partial charge in [-0.1, -0.05) is 109 Å². The number of carboxylic acid groups (broad SMARTS) is 1. The Labute approximate surface area is 217 Å². The minimum atomic E-state index is -0.706. The van der Waals surface area contributed by atoms with Crippen LogP contribution in [-0.4, -0.2) is 23.1 Å². The molecule has 1 unspecified atom stereocenters. The van der Waals surface area contributed by atoms with Crippen molar-refractivity contribution in [2.24, 2.45) is 0 Å². The lowest BCUT2D eigenvalue weighted by Crippen LogP contribution is -2.18. The van der Waals surface area contributed by atoms with E-state index in [1.54, 1.807) is 0 Å². The van der Waals surface area contributed by atoms with Gasteiger partial charge in [-0.25, -0.2) is 0 Å². The summed E-state index contributed by atoms with van der Waals surface area (Å²) in [5.41, 5.74) is 0. The van der Waals surface area contributed by atoms with Gasteiger partial charge in [0.05, 0.1) is 0 Å². The fraction of sp³-hybridized carbons (Fsp3) is 0.871. The summed E-state index contributed by atoms with van der Waals surface area (Å²) in [6.45, 7) is 4.45. The molecule has 0 heterocycles. The van der Waals surface area contributed by atoms with E-state index in [-0.39, 0.29) is 18.5 Å². The molecule has 0 bridgehead atoms. The largest absolute Gasteiger partial charge is 0.481 e. The Morgan fingerprint density at radius 3 is 1.69 bits per heavy atom. The van der Waals surface area contributed by atoms with Gasteiger partial charge in [-0.15, -0.1) is 0 Å². The van der Waals surface area contributed by atoms with Gasteiger partial charge in [-0.3, -0.25) is 9.59 Å². The van der Waals surface area contributed by atoms with Crippen molar-refractivity contribution in [3.8, 4) is 0 Å². The highest BCUT2D eigenvalue weighted by atomic mass is 16.5. The number of hydrogen-bond donors (Lipinski definition) is 1. The van der Waals surface area contributed by atoms with Gasteiger partial charge in [0.25, 0.3) is 0 Å². The normalized spacial score (nSPS) is 12.3. The molecule has 0 amide bonds. The average Bonchev–Trinajstić information content (AvgIpc) is 2.83. The standard InChI is InChI=1S/C31H58O4/c1-3-5-7-9-10-11-12-13-14-15-16-18-21-25-29(35-31(34)28-24-8-6-4-2)26-22-19-17-20-23-27-30(32)33/h15-16,29H,3-14,17-28H2,1-2H3,(H,32,33)/b16-15-. The molecule has 206 valence electrons. The Hall–Kier alpha value is -1.32. The molecule has 0 saturated carbocycles. The average molecular weight is 495 g/mol. The number of esters is 1. The van der Waals surface area contributed by atoms with E-state index in [0.717, 1.165) is 70.6 Å². The molecule has 0 saturated heterocycles. The first kappa shape index (κ1) is 33.7. The molecule has 0 aromatic carbocycles. The van der Waals surface area contributed by atoms with E-state index >= 15 is 0 Å². The Balaban J connectivity index is 4.03. The summed E-state index contributed by atoms with van der Waals surface area (Å²) >= 11 is 0. The number of unbranched alkanes of at least 4 members (excludes halogenated alkanes) is 16. The molecule has 0 aliphatic heterocycles. The molecule has 1 N–H and O–H groups in total. The molecule has 1 atom stereocenters. The topological polar surface area (TPSA) is 63.6 Å². The van der Waals surface area contributed by atoms with E-state index in [1.807, 2.05) is 0 Å². The highest BCUT2D eigenvalue weighted by Crippen LogP contribution is 2.17. The van der Waals surface area contributed by atoms with Crippen LogP contribution in [0.4, 0.5) is 0 Å². The molecule has 4 heteroatoms. The number of carbonyl (C=O) groups is 2. The zero-order valence-electron chi connectivity index (χ0n) is 23.4. The minimum Gasteiger partial charge on any atom is -0.481 e. The molecule has 0 spiro atoms. The van der Waals surface area contributed by atoms with Crippen LogP contribution < -0.4 is 0 Å². The Kier molecular flexibility index (Phi) is 26.2. The number of ether oxygens (including phenoxy) is 1. The summed E-state index contributed by atoms with van der Waals surface area (Å²) in [6, 6.07) is 0. The molecular weight excluding hydrogens is 436 g/mol. The lowest BCUT2D eigenvalue weighted by molar-refractivity contribution is -0.150. The summed E-state index contributed by atoms with van der Waals surface area (Å²) in [6.07, 6.45) is 31.0. The second-order valence-corrected chi connectivity index (χ2v) is 10.3. The summed E-state index contributed by atoms with van der Waals surface area (Å²) < 4.78 is 5.86. The summed E-state index contributed by atoms with van der Waals surface area (Å²) in [5.74, 6) is -0.736. The third kappa shape index (κ3) is 27.1. The van der Waals surface area contributed by atoms with Crippen molar-refractivity contribution in [2.45, 2.75) is 174 Å². The van der Waals surface area contributed by atoms with Gasteiger partial charge in [0.15, 0.2) is 0 Å². The van der Waals surface area contributed by atoms with Crippen molar-refractivity contribution in [3.05, 3.63) is 12.2 Å². The van der Waals surface area contributed by atoms with Crippen LogP contribution >= 0.6 is 0 Å². The van der Waals surface area contributed by atoms with Gasteiger partial charge >= 0.3 is 11.9 Å². The van der Waals surface area contributed by atoms with E-state index < -0.39 is 5.97 Å². The van der Waals surface area contributed by atoms with Crippen molar-refractivity contribution >= 4 is 11.9 Å². The number of allylic oxidation sites excluding steroid dienone is 2. The van der Waals surface area contributed by atoms with Crippen LogP contribution in [0, 0.1) is 0 Å². The minimum absolute atomic E-state index is 0.0298. The fourth-order valence-corrected chi connectivity index (χ4v) is 4.48. The van der Waals surface area contributed by atoms with Crippen LogP contribution in [0.3, 0.4) is 0 Å². The quantitative estimate of drug-likeness (QED) is 0.0701. The molecule has 0 aliphatic carbocycles. The number of rotatable bonds is 27. The summed E-state index contributed by atoms with van der Waals surface area (Å²) in [5, 5.41) is 8.73. The van der Waals surface area contributed by atoms with Crippen LogP contribution in [-0.2, 0) is 14.3 Å². The first-order valence-corrected chi connectivity index (χ1v) is 15.2. The van der Waals surface area contributed by atoms with E-state index in [9.17, 15) is 9.59 Å². The first-order chi connectivity index (χ1) is 17.1. The van der Waals surface area contributed by atoms with Crippen molar-refractivity contribution in [2.75, 3.05) is 0 Å². The van der Waals surface area contributed by atoms with Crippen molar-refractivity contribution in [1.29, 1.82) is 0 Å². The van der Waals surface area contributed by atoms with E-state index in [4.69, 9.17) is 9.84 Å². The van der Waals surface area contributed by atoms with Gasteiger partial charge in [0, 0.05) is 12.8 Å². The summed E-state index contributed by atoms with van der Waals surface area (Å²) in [4.78, 5) is 22.9. The number of hydrogen-bond acceptors (Lipinski definition) is 3. The smallest absolute Gasteiger partial charge is 0.306 e. The van der Waals surface area contributed by atoms with Crippen LogP contribution in [0.15, 0.2) is 12.2 Å². The third-order valence-electron chi connectivity index (χ3n) is 6.74. The zero-order valence-corrected chi connectivity index (χ0v) is 23.4. The van der Waals surface area contributed by atoms with Gasteiger partial charge < -0.3 is 9.84 Å². The number of carboxylic acids is 1. The highest BCUT2D eigenvalue weighted by molar-refractivity contribution is 5.69. The van der Waals surface area contributed by atoms with Crippen LogP contribution in [0.2, 0.25) is 0 Å². The lowest BCUT2D eigenvalue weighted by atomic mass is 10.0. The third-order valence-corrected chi connectivity index (χ3v) is 6.74. The lowest BCUT2D eigenvalue weighted by Gasteiger charge is -2.18. The summed E-state index contributed by atoms with van der Waals surface area (Å²) in [7, 11) is 0. The van der Waals surface area contributed by atoms with Crippen LogP contribution in [0.25, 0.3) is 0 Å². The van der Waals surface area contributed by atoms with Crippen LogP contribution in [0.5, 0.6) is 0 Å². The second kappa shape index (κ2) is 27.3. The zero-order chi connectivity index (χ0) is 25.8. The molecule has 0 rings (SSSR count). The molecular formula is C31H58O4. The van der Waals surface area contributed by atoms with Gasteiger partial charge in [0.2, 0.25) is 0 Å². The van der Waals surface area contributed by atoms with Gasteiger partial charge in [-0.05, 0) is 57.8 Å². The fourth-order valence-electron chi connectivity index (χ4n) is 4.48. The molecule has 35 heavy (non-hydrogen) atoms. The Morgan fingerprint density at radius 1 is 0.600 bits per heavy atom. The number of carbonyl (C=O) groups excluding carboxylic acids is 1. The molecule has 0 radical (unpaired) electrons. The monoisotopic (exact) mass is 494 g/mol. The Morgan fingerprint density at radius 2 is 1.06 bits per heavy atom. The first-order valence-electron chi connectivity index (χ1n) is 15.2. The maximum absolute atomic E-state index is 12.3. The van der Waals surface area contributed by atoms with Gasteiger partial charge in [-0.2, -0.15) is 0 Å². The molecule has 4 nitrogen and oxygen atoms in total. The number of aliphatic carboxylic acids is 1. The molecule has 0 fully saturated rings. The van der Waals surface area contributed by atoms with Crippen molar-refractivity contribution in [3.63, 3.8) is 0 Å². The second-order valence-electron chi connectivity index (χ2n) is 10.3. The molecule has 0 aromatic heterocycles. The van der Waals surface area contributed by atoms with E-state index in [2.05, 4.69) is 26.0 Å². The predicted octanol–water partition coefficient (Wildman–Crippen LogP) is 9.94. The van der Waals surface area contributed by atoms with Gasteiger partial charge in [0.1, 0.15) is 6.10 Å². The predicted molar refractivity (Wildman–Crippen MR) is 149 cm³/mol. The van der Waals surface area contributed by atoms with Crippen molar-refractivity contribution < 1.29 is 19.4 Å². The Bertz CT molecular complexity index is 500. The maximum Gasteiger partial charge on any atom is 0.306 e. The van der Waals surface area contributed by atoms with Crippen LogP contribution in [0.1, 0.15) is 168 Å². The maximum atomic E-state index is 12.3. The molecule has 0 aromatic rings. The van der Waals surface area contributed by atoms with E-state index in [0.29, 0.717) is 6.42 Å². The molecule has 0 aliphatic rings. The van der Waals surface area contributed by atoms with Crippen molar-refractivity contribution in [1.82, 2.24) is 0 Å². The highest BCUT2D eigenvalue weighted by Gasteiger charge is 2.14. The SMILES string of the molecule is CCCCCCCCCC/C=C\CCCC(CCCCCCCC(=O)O)OC(=O)CCCCCC.